The predicted octanol–water partition coefficient (Wildman–Crippen LogP) is 3.91. The van der Waals surface area contributed by atoms with E-state index in [1.54, 1.807) is 0 Å². The minimum absolute atomic E-state index is 0.486. The van der Waals surface area contributed by atoms with Gasteiger partial charge in [0, 0.05) is 5.71 Å². The van der Waals surface area contributed by atoms with Crippen LogP contribution in [0.5, 0.6) is 0 Å². The molecule has 16 heavy (non-hydrogen) atoms. The minimum Gasteiger partial charge on any atom is -0.253 e. The van der Waals surface area contributed by atoms with E-state index < -0.39 is 11.7 Å². The summed E-state index contributed by atoms with van der Waals surface area (Å²) >= 11 is 0. The van der Waals surface area contributed by atoms with E-state index in [0.29, 0.717) is 17.7 Å². The highest BCUT2D eigenvalue weighted by molar-refractivity contribution is 5.95. The van der Waals surface area contributed by atoms with Gasteiger partial charge in [-0.1, -0.05) is 6.08 Å². The Balaban J connectivity index is 2.49. The quantitative estimate of drug-likeness (QED) is 0.634. The lowest BCUT2D eigenvalue weighted by molar-refractivity contribution is -0.137. The van der Waals surface area contributed by atoms with E-state index in [1.807, 2.05) is 19.1 Å². The Labute approximate surface area is 91.3 Å². The number of alkyl halides is 3. The molecule has 0 aliphatic carbocycles. The van der Waals surface area contributed by atoms with Gasteiger partial charge in [-0.3, -0.25) is 4.99 Å². The van der Waals surface area contributed by atoms with Crippen LogP contribution in [-0.4, -0.2) is 5.71 Å². The average Bonchev–Trinajstić information content (AvgIpc) is 2.35. The lowest BCUT2D eigenvalue weighted by Crippen LogP contribution is -2.05. The molecule has 1 aliphatic rings. The maximum absolute atomic E-state index is 12.5. The molecule has 1 aromatic rings. The molecule has 0 saturated carbocycles. The van der Waals surface area contributed by atoms with Crippen molar-refractivity contribution in [1.82, 2.24) is 0 Å². The van der Waals surface area contributed by atoms with Crippen molar-refractivity contribution in [2.75, 3.05) is 0 Å². The van der Waals surface area contributed by atoms with E-state index in [2.05, 4.69) is 4.99 Å². The first-order valence-electron chi connectivity index (χ1n) is 4.89. The molecule has 0 spiro atoms. The third-order valence-corrected chi connectivity index (χ3v) is 2.40. The molecule has 0 aromatic heterocycles. The number of benzene rings is 1. The molecular weight excluding hydrogens is 215 g/mol. The van der Waals surface area contributed by atoms with E-state index in [4.69, 9.17) is 0 Å². The topological polar surface area (TPSA) is 12.4 Å². The highest BCUT2D eigenvalue weighted by Gasteiger charge is 2.30. The first-order valence-corrected chi connectivity index (χ1v) is 4.89. The van der Waals surface area contributed by atoms with Crippen molar-refractivity contribution >= 4 is 11.4 Å². The summed E-state index contributed by atoms with van der Waals surface area (Å²) in [5.41, 5.74) is 1.42. The fraction of sp³-hybridized carbons (Fsp3) is 0.250. The van der Waals surface area contributed by atoms with Crippen LogP contribution in [0.25, 0.3) is 0 Å². The van der Waals surface area contributed by atoms with Crippen LogP contribution in [-0.2, 0) is 12.6 Å². The number of rotatable bonds is 0. The molecule has 0 bridgehead atoms. The van der Waals surface area contributed by atoms with Crippen LogP contribution >= 0.6 is 0 Å². The van der Waals surface area contributed by atoms with Gasteiger partial charge < -0.3 is 0 Å². The van der Waals surface area contributed by atoms with Gasteiger partial charge in [-0.15, -0.1) is 0 Å². The fourth-order valence-corrected chi connectivity index (χ4v) is 1.62. The molecule has 84 valence electrons. The second-order valence-corrected chi connectivity index (χ2v) is 3.70. The SMILES string of the molecule is CC1=Nc2ccc(C(F)(F)F)cc2CC=C1. The summed E-state index contributed by atoms with van der Waals surface area (Å²) in [6, 6.07) is 3.66. The Morgan fingerprint density at radius 2 is 2.00 bits per heavy atom. The Hall–Kier alpha value is -1.58. The van der Waals surface area contributed by atoms with E-state index in [1.165, 1.54) is 12.1 Å². The summed E-state index contributed by atoms with van der Waals surface area (Å²) in [4.78, 5) is 4.23. The normalized spacial score (nSPS) is 15.4. The molecule has 0 fully saturated rings. The number of nitrogens with zero attached hydrogens (tertiary/aromatic N) is 1. The van der Waals surface area contributed by atoms with Crippen molar-refractivity contribution in [2.24, 2.45) is 4.99 Å². The lowest BCUT2D eigenvalue weighted by atomic mass is 10.1. The molecular formula is C12H10F3N. The Bertz CT molecular complexity index is 470. The molecule has 1 aliphatic heterocycles. The van der Waals surface area contributed by atoms with Crippen LogP contribution in [0.3, 0.4) is 0 Å². The predicted molar refractivity (Wildman–Crippen MR) is 57.1 cm³/mol. The van der Waals surface area contributed by atoms with Crippen LogP contribution < -0.4 is 0 Å². The summed E-state index contributed by atoms with van der Waals surface area (Å²) in [5.74, 6) is 0. The van der Waals surface area contributed by atoms with Crippen molar-refractivity contribution < 1.29 is 13.2 Å². The van der Waals surface area contributed by atoms with Crippen molar-refractivity contribution in [2.45, 2.75) is 19.5 Å². The first-order chi connectivity index (χ1) is 7.47. The first kappa shape index (κ1) is 10.9. The molecule has 0 N–H and O–H groups in total. The van der Waals surface area contributed by atoms with Gasteiger partial charge in [0.25, 0.3) is 0 Å². The van der Waals surface area contributed by atoms with Gasteiger partial charge >= 0.3 is 6.18 Å². The summed E-state index contributed by atoms with van der Waals surface area (Å²) < 4.78 is 37.4. The second kappa shape index (κ2) is 3.77. The van der Waals surface area contributed by atoms with Crippen LogP contribution in [0.1, 0.15) is 18.1 Å². The number of fused-ring (bicyclic) bond motifs is 1. The average molecular weight is 225 g/mol. The van der Waals surface area contributed by atoms with Gasteiger partial charge in [0.1, 0.15) is 0 Å². The van der Waals surface area contributed by atoms with Gasteiger partial charge in [-0.2, -0.15) is 13.2 Å². The number of allylic oxidation sites excluding steroid dienone is 2. The minimum atomic E-state index is -4.29. The van der Waals surface area contributed by atoms with E-state index in [0.717, 1.165) is 11.8 Å². The van der Waals surface area contributed by atoms with Gasteiger partial charge in [-0.05, 0) is 43.2 Å². The molecule has 0 atom stereocenters. The summed E-state index contributed by atoms with van der Waals surface area (Å²) in [7, 11) is 0. The lowest BCUT2D eigenvalue weighted by Gasteiger charge is -2.09. The molecule has 0 amide bonds. The highest BCUT2D eigenvalue weighted by atomic mass is 19.4. The molecule has 4 heteroatoms. The second-order valence-electron chi connectivity index (χ2n) is 3.70. The van der Waals surface area contributed by atoms with E-state index in [-0.39, 0.29) is 0 Å². The van der Waals surface area contributed by atoms with Gasteiger partial charge in [0.2, 0.25) is 0 Å². The standard InChI is InChI=1S/C12H10F3N/c1-8-3-2-4-9-7-10(12(13,14)15)5-6-11(9)16-8/h2-3,5-7H,4H2,1H3. The number of aliphatic imine (C=N–C) groups is 1. The van der Waals surface area contributed by atoms with Crippen molar-refractivity contribution in [3.63, 3.8) is 0 Å². The Morgan fingerprint density at radius 3 is 2.69 bits per heavy atom. The van der Waals surface area contributed by atoms with Crippen molar-refractivity contribution in [3.8, 4) is 0 Å². The van der Waals surface area contributed by atoms with Gasteiger partial charge in [0.15, 0.2) is 0 Å². The largest absolute Gasteiger partial charge is 0.416 e. The smallest absolute Gasteiger partial charge is 0.253 e. The highest BCUT2D eigenvalue weighted by Crippen LogP contribution is 2.33. The van der Waals surface area contributed by atoms with Gasteiger partial charge in [0.05, 0.1) is 11.3 Å². The summed E-state index contributed by atoms with van der Waals surface area (Å²) in [6.07, 6.45) is -0.165. The van der Waals surface area contributed by atoms with Gasteiger partial charge in [-0.25, -0.2) is 0 Å². The molecule has 1 heterocycles. The zero-order valence-electron chi connectivity index (χ0n) is 8.67. The van der Waals surface area contributed by atoms with Crippen molar-refractivity contribution in [1.29, 1.82) is 0 Å². The van der Waals surface area contributed by atoms with Crippen molar-refractivity contribution in [3.05, 3.63) is 41.5 Å². The number of hydrogen-bond acceptors (Lipinski definition) is 1. The van der Waals surface area contributed by atoms with Crippen LogP contribution in [0.2, 0.25) is 0 Å². The molecule has 0 saturated heterocycles. The van der Waals surface area contributed by atoms with E-state index >= 15 is 0 Å². The zero-order chi connectivity index (χ0) is 11.8. The molecule has 0 radical (unpaired) electrons. The number of hydrogen-bond donors (Lipinski definition) is 0. The molecule has 1 aromatic carbocycles. The van der Waals surface area contributed by atoms with Crippen LogP contribution in [0.15, 0.2) is 35.3 Å². The Morgan fingerprint density at radius 1 is 1.25 bits per heavy atom. The van der Waals surface area contributed by atoms with Crippen LogP contribution in [0, 0.1) is 0 Å². The Kier molecular flexibility index (Phi) is 2.58. The van der Waals surface area contributed by atoms with Crippen LogP contribution in [0.4, 0.5) is 18.9 Å². The third-order valence-electron chi connectivity index (χ3n) is 2.40. The van der Waals surface area contributed by atoms with E-state index in [9.17, 15) is 13.2 Å². The fourth-order valence-electron chi connectivity index (χ4n) is 1.62. The maximum atomic E-state index is 12.5. The maximum Gasteiger partial charge on any atom is 0.416 e. The number of halogens is 3. The summed E-state index contributed by atoms with van der Waals surface area (Å²) in [5, 5.41) is 0. The zero-order valence-corrected chi connectivity index (χ0v) is 8.67. The molecule has 2 rings (SSSR count). The summed E-state index contributed by atoms with van der Waals surface area (Å²) in [6.45, 7) is 1.82. The molecule has 1 nitrogen and oxygen atoms in total. The molecule has 0 unspecified atom stereocenters. The monoisotopic (exact) mass is 225 g/mol. The third kappa shape index (κ3) is 2.15.